The van der Waals surface area contributed by atoms with Crippen LogP contribution in [0.5, 0.6) is 0 Å². The van der Waals surface area contributed by atoms with Crippen LogP contribution in [0.2, 0.25) is 0 Å². The number of nitrogens with zero attached hydrogens (tertiary/aromatic N) is 2. The lowest BCUT2D eigenvalue weighted by atomic mass is 10.0. The average molecular weight is 234 g/mol. The van der Waals surface area contributed by atoms with Crippen molar-refractivity contribution in [1.29, 1.82) is 0 Å². The molecule has 4 nitrogen and oxygen atoms in total. The zero-order valence-electron chi connectivity index (χ0n) is 10.7. The zero-order valence-corrected chi connectivity index (χ0v) is 10.7. The summed E-state index contributed by atoms with van der Waals surface area (Å²) in [6.07, 6.45) is 9.15. The van der Waals surface area contributed by atoms with Crippen molar-refractivity contribution in [2.24, 2.45) is 5.73 Å². The van der Waals surface area contributed by atoms with Gasteiger partial charge in [0.05, 0.1) is 0 Å². The minimum Gasteiger partial charge on any atom is -0.348 e. The molecule has 0 saturated heterocycles. The minimum absolute atomic E-state index is 0.158. The molecule has 0 spiro atoms. The van der Waals surface area contributed by atoms with E-state index in [1.165, 1.54) is 31.2 Å². The molecule has 1 fully saturated rings. The Labute approximate surface area is 103 Å². The second-order valence-electron chi connectivity index (χ2n) is 5.53. The maximum Gasteiger partial charge on any atom is 0.223 e. The summed E-state index contributed by atoms with van der Waals surface area (Å²) < 4.78 is 0. The first-order valence-corrected chi connectivity index (χ1v) is 6.41. The highest BCUT2D eigenvalue weighted by atomic mass is 15.1. The van der Waals surface area contributed by atoms with E-state index in [1.807, 2.05) is 26.2 Å². The summed E-state index contributed by atoms with van der Waals surface area (Å²) in [6.45, 7) is 4.64. The van der Waals surface area contributed by atoms with Crippen molar-refractivity contribution in [2.75, 3.05) is 11.9 Å². The molecule has 0 bridgehead atoms. The Bertz CT molecular complexity index is 352. The summed E-state index contributed by atoms with van der Waals surface area (Å²) in [7, 11) is 0. The molecule has 0 amide bonds. The Hall–Kier alpha value is -1.16. The van der Waals surface area contributed by atoms with E-state index in [-0.39, 0.29) is 5.54 Å². The van der Waals surface area contributed by atoms with Crippen LogP contribution >= 0.6 is 0 Å². The van der Waals surface area contributed by atoms with Crippen molar-refractivity contribution >= 4 is 5.95 Å². The molecular formula is C13H22N4. The first kappa shape index (κ1) is 12.3. The summed E-state index contributed by atoms with van der Waals surface area (Å²) in [5.74, 6) is 1.34. The van der Waals surface area contributed by atoms with Gasteiger partial charge >= 0.3 is 0 Å². The summed E-state index contributed by atoms with van der Waals surface area (Å²) in [4.78, 5) is 8.76. The van der Waals surface area contributed by atoms with Crippen LogP contribution in [0.15, 0.2) is 12.4 Å². The Morgan fingerprint density at radius 1 is 1.29 bits per heavy atom. The van der Waals surface area contributed by atoms with Gasteiger partial charge in [-0.15, -0.1) is 0 Å². The van der Waals surface area contributed by atoms with E-state index in [0.717, 1.165) is 0 Å². The van der Waals surface area contributed by atoms with E-state index in [1.54, 1.807) is 0 Å². The highest BCUT2D eigenvalue weighted by Crippen LogP contribution is 2.33. The lowest BCUT2D eigenvalue weighted by molar-refractivity contribution is 0.573. The van der Waals surface area contributed by atoms with Gasteiger partial charge < -0.3 is 11.1 Å². The average Bonchev–Trinajstić information content (AvgIpc) is 2.83. The molecule has 0 atom stereocenters. The molecule has 1 aliphatic rings. The topological polar surface area (TPSA) is 63.8 Å². The second-order valence-corrected chi connectivity index (χ2v) is 5.53. The van der Waals surface area contributed by atoms with Gasteiger partial charge in [-0.25, -0.2) is 9.97 Å². The predicted octanol–water partition coefficient (Wildman–Crippen LogP) is 2.28. The maximum absolute atomic E-state index is 5.67. The monoisotopic (exact) mass is 234 g/mol. The number of hydrogen-bond acceptors (Lipinski definition) is 4. The molecule has 0 radical (unpaired) electrons. The Kier molecular flexibility index (Phi) is 3.62. The number of aromatic nitrogens is 2. The van der Waals surface area contributed by atoms with Gasteiger partial charge in [0.1, 0.15) is 0 Å². The lowest BCUT2D eigenvalue weighted by Crippen LogP contribution is -2.39. The normalized spacial score (nSPS) is 17.4. The lowest BCUT2D eigenvalue weighted by Gasteiger charge is -2.24. The molecule has 2 rings (SSSR count). The third-order valence-electron chi connectivity index (χ3n) is 3.46. The number of nitrogens with one attached hydrogen (secondary N) is 1. The molecule has 1 aromatic heterocycles. The molecule has 17 heavy (non-hydrogen) atoms. The highest BCUT2D eigenvalue weighted by Gasteiger charge is 2.19. The summed E-state index contributed by atoms with van der Waals surface area (Å²) >= 11 is 0. The van der Waals surface area contributed by atoms with Crippen LogP contribution in [0, 0.1) is 0 Å². The van der Waals surface area contributed by atoms with Gasteiger partial charge in [0.15, 0.2) is 0 Å². The molecule has 1 heterocycles. The third-order valence-corrected chi connectivity index (χ3v) is 3.46. The van der Waals surface area contributed by atoms with Crippen LogP contribution in [-0.2, 0) is 0 Å². The largest absolute Gasteiger partial charge is 0.348 e. The Morgan fingerprint density at radius 2 is 1.88 bits per heavy atom. The molecule has 0 aromatic carbocycles. The van der Waals surface area contributed by atoms with Crippen molar-refractivity contribution in [2.45, 2.75) is 51.0 Å². The van der Waals surface area contributed by atoms with Gasteiger partial charge in [0.25, 0.3) is 0 Å². The number of anilines is 1. The first-order valence-electron chi connectivity index (χ1n) is 6.41. The standard InChI is InChI=1S/C13H22N4/c1-13(2,9-14)17-12-15-7-11(8-16-12)10-5-3-4-6-10/h7-8,10H,3-6,9,14H2,1-2H3,(H,15,16,17). The fourth-order valence-electron chi connectivity index (χ4n) is 2.23. The summed E-state index contributed by atoms with van der Waals surface area (Å²) in [5.41, 5.74) is 6.78. The van der Waals surface area contributed by atoms with Crippen LogP contribution in [0.25, 0.3) is 0 Å². The molecule has 4 heteroatoms. The van der Waals surface area contributed by atoms with Crippen molar-refractivity contribution in [3.8, 4) is 0 Å². The summed E-state index contributed by atoms with van der Waals surface area (Å²) in [5, 5.41) is 3.24. The molecule has 0 unspecified atom stereocenters. The molecule has 1 saturated carbocycles. The van der Waals surface area contributed by atoms with Crippen LogP contribution < -0.4 is 11.1 Å². The van der Waals surface area contributed by atoms with Crippen LogP contribution in [0.3, 0.4) is 0 Å². The summed E-state index contributed by atoms with van der Waals surface area (Å²) in [6, 6.07) is 0. The van der Waals surface area contributed by atoms with Crippen molar-refractivity contribution < 1.29 is 0 Å². The Balaban J connectivity index is 2.02. The van der Waals surface area contributed by atoms with Crippen LogP contribution in [-0.4, -0.2) is 22.1 Å². The molecule has 1 aliphatic carbocycles. The van der Waals surface area contributed by atoms with Gasteiger partial charge in [-0.3, -0.25) is 0 Å². The maximum atomic E-state index is 5.67. The molecule has 0 aliphatic heterocycles. The van der Waals surface area contributed by atoms with Gasteiger partial charge in [0.2, 0.25) is 5.95 Å². The molecule has 3 N–H and O–H groups in total. The van der Waals surface area contributed by atoms with Crippen molar-refractivity contribution in [3.63, 3.8) is 0 Å². The smallest absolute Gasteiger partial charge is 0.223 e. The quantitative estimate of drug-likeness (QED) is 0.839. The number of nitrogens with two attached hydrogens (primary N) is 1. The fourth-order valence-corrected chi connectivity index (χ4v) is 2.23. The van der Waals surface area contributed by atoms with Gasteiger partial charge in [0, 0.05) is 24.5 Å². The Morgan fingerprint density at radius 3 is 2.41 bits per heavy atom. The van der Waals surface area contributed by atoms with Crippen LogP contribution in [0.4, 0.5) is 5.95 Å². The SMILES string of the molecule is CC(C)(CN)Nc1ncc(C2CCCC2)cn1. The van der Waals surface area contributed by atoms with E-state index in [2.05, 4.69) is 15.3 Å². The highest BCUT2D eigenvalue weighted by molar-refractivity contribution is 5.29. The van der Waals surface area contributed by atoms with Crippen LogP contribution in [0.1, 0.15) is 51.0 Å². The van der Waals surface area contributed by atoms with E-state index in [9.17, 15) is 0 Å². The fraction of sp³-hybridized carbons (Fsp3) is 0.692. The predicted molar refractivity (Wildman–Crippen MR) is 70.0 cm³/mol. The number of hydrogen-bond donors (Lipinski definition) is 2. The number of rotatable bonds is 4. The van der Waals surface area contributed by atoms with Gasteiger partial charge in [-0.05, 0) is 38.2 Å². The van der Waals surface area contributed by atoms with E-state index in [0.29, 0.717) is 18.4 Å². The van der Waals surface area contributed by atoms with Crippen molar-refractivity contribution in [3.05, 3.63) is 18.0 Å². The zero-order chi connectivity index (χ0) is 12.3. The third kappa shape index (κ3) is 3.16. The van der Waals surface area contributed by atoms with Crippen molar-refractivity contribution in [1.82, 2.24) is 9.97 Å². The van der Waals surface area contributed by atoms with E-state index < -0.39 is 0 Å². The van der Waals surface area contributed by atoms with E-state index >= 15 is 0 Å². The molecule has 94 valence electrons. The van der Waals surface area contributed by atoms with Gasteiger partial charge in [-0.2, -0.15) is 0 Å². The first-order chi connectivity index (χ1) is 8.11. The minimum atomic E-state index is -0.158. The molecule has 1 aromatic rings. The van der Waals surface area contributed by atoms with E-state index in [4.69, 9.17) is 5.73 Å². The molecular weight excluding hydrogens is 212 g/mol. The second kappa shape index (κ2) is 5.00. The van der Waals surface area contributed by atoms with Gasteiger partial charge in [-0.1, -0.05) is 12.8 Å².